The van der Waals surface area contributed by atoms with Gasteiger partial charge in [-0.25, -0.2) is 18.1 Å². The van der Waals surface area contributed by atoms with Crippen molar-refractivity contribution >= 4 is 32.7 Å². The first kappa shape index (κ1) is 16.0. The quantitative estimate of drug-likeness (QED) is 0.770. The van der Waals surface area contributed by atoms with Crippen molar-refractivity contribution in [3.8, 4) is 0 Å². The van der Waals surface area contributed by atoms with Crippen LogP contribution in [0.2, 0.25) is 5.02 Å². The summed E-state index contributed by atoms with van der Waals surface area (Å²) in [5.41, 5.74) is 2.99. The number of nitrogens with one attached hydrogen (secondary N) is 1. The number of aromatic nitrogens is 2. The van der Waals surface area contributed by atoms with Gasteiger partial charge < -0.3 is 4.57 Å². The molecule has 3 rings (SSSR count). The minimum absolute atomic E-state index is 0.171. The second-order valence-electron chi connectivity index (χ2n) is 5.28. The summed E-state index contributed by atoms with van der Waals surface area (Å²) >= 11 is 5.84. The molecule has 0 aliphatic rings. The van der Waals surface area contributed by atoms with E-state index in [0.717, 1.165) is 16.6 Å². The highest BCUT2D eigenvalue weighted by Crippen LogP contribution is 2.16. The van der Waals surface area contributed by atoms with Crippen LogP contribution in [0.3, 0.4) is 0 Å². The Morgan fingerprint density at radius 3 is 2.83 bits per heavy atom. The second-order valence-corrected chi connectivity index (χ2v) is 7.49. The molecule has 0 aliphatic heterocycles. The Kier molecular flexibility index (Phi) is 4.39. The van der Waals surface area contributed by atoms with Gasteiger partial charge in [0.15, 0.2) is 0 Å². The SMILES string of the molecule is Cn1cnc2cc(CCNS(=O)(=O)c3cccc(Cl)c3)ccc21. The fourth-order valence-corrected chi connectivity index (χ4v) is 3.72. The lowest BCUT2D eigenvalue weighted by atomic mass is 10.1. The molecule has 0 saturated heterocycles. The highest BCUT2D eigenvalue weighted by atomic mass is 35.5. The van der Waals surface area contributed by atoms with E-state index in [0.29, 0.717) is 18.0 Å². The molecule has 5 nitrogen and oxygen atoms in total. The van der Waals surface area contributed by atoms with E-state index in [4.69, 9.17) is 11.6 Å². The molecule has 0 unspecified atom stereocenters. The zero-order chi connectivity index (χ0) is 16.4. The smallest absolute Gasteiger partial charge is 0.240 e. The van der Waals surface area contributed by atoms with E-state index in [1.165, 1.54) is 12.1 Å². The summed E-state index contributed by atoms with van der Waals surface area (Å²) in [5, 5.41) is 0.397. The average Bonchev–Trinajstić information content (AvgIpc) is 2.88. The summed E-state index contributed by atoms with van der Waals surface area (Å²) in [5.74, 6) is 0. The molecule has 1 N–H and O–H groups in total. The van der Waals surface area contributed by atoms with Crippen LogP contribution in [0.25, 0.3) is 11.0 Å². The number of benzene rings is 2. The lowest BCUT2D eigenvalue weighted by molar-refractivity contribution is 0.581. The predicted octanol–water partition coefficient (Wildman–Crippen LogP) is 2.75. The largest absolute Gasteiger partial charge is 0.334 e. The maximum absolute atomic E-state index is 12.2. The summed E-state index contributed by atoms with van der Waals surface area (Å²) in [7, 11) is -1.61. The fraction of sp³-hybridized carbons (Fsp3) is 0.188. The van der Waals surface area contributed by atoms with E-state index < -0.39 is 10.0 Å². The van der Waals surface area contributed by atoms with Crippen LogP contribution in [0.4, 0.5) is 0 Å². The average molecular weight is 350 g/mol. The Labute approximate surface area is 140 Å². The molecule has 0 amide bonds. The molecule has 7 heteroatoms. The van der Waals surface area contributed by atoms with Crippen molar-refractivity contribution < 1.29 is 8.42 Å². The van der Waals surface area contributed by atoms with Crippen molar-refractivity contribution in [3.63, 3.8) is 0 Å². The molecule has 0 bridgehead atoms. The number of hydrogen-bond acceptors (Lipinski definition) is 3. The zero-order valence-corrected chi connectivity index (χ0v) is 14.1. The number of aryl methyl sites for hydroxylation is 1. The minimum Gasteiger partial charge on any atom is -0.334 e. The van der Waals surface area contributed by atoms with Gasteiger partial charge in [-0.2, -0.15) is 0 Å². The number of imidazole rings is 1. The fourth-order valence-electron chi connectivity index (χ4n) is 2.38. The van der Waals surface area contributed by atoms with Gasteiger partial charge in [0.2, 0.25) is 10.0 Å². The van der Waals surface area contributed by atoms with E-state index >= 15 is 0 Å². The third-order valence-electron chi connectivity index (χ3n) is 3.60. The van der Waals surface area contributed by atoms with Gasteiger partial charge in [0.1, 0.15) is 0 Å². The maximum Gasteiger partial charge on any atom is 0.240 e. The molecule has 0 radical (unpaired) electrons. The van der Waals surface area contributed by atoms with E-state index in [2.05, 4.69) is 9.71 Å². The van der Waals surface area contributed by atoms with Crippen LogP contribution in [0.5, 0.6) is 0 Å². The van der Waals surface area contributed by atoms with Gasteiger partial charge in [-0.05, 0) is 42.3 Å². The van der Waals surface area contributed by atoms with Crippen molar-refractivity contribution in [2.24, 2.45) is 7.05 Å². The summed E-state index contributed by atoms with van der Waals surface area (Å²) < 4.78 is 28.9. The number of sulfonamides is 1. The monoisotopic (exact) mass is 349 g/mol. The number of fused-ring (bicyclic) bond motifs is 1. The van der Waals surface area contributed by atoms with Crippen molar-refractivity contribution in [1.82, 2.24) is 14.3 Å². The van der Waals surface area contributed by atoms with Crippen molar-refractivity contribution in [2.45, 2.75) is 11.3 Å². The van der Waals surface area contributed by atoms with Crippen LogP contribution in [0.1, 0.15) is 5.56 Å². The minimum atomic E-state index is -3.55. The van der Waals surface area contributed by atoms with Gasteiger partial charge >= 0.3 is 0 Å². The lowest BCUT2D eigenvalue weighted by Gasteiger charge is -2.07. The highest BCUT2D eigenvalue weighted by molar-refractivity contribution is 7.89. The van der Waals surface area contributed by atoms with E-state index in [9.17, 15) is 8.42 Å². The first-order valence-electron chi connectivity index (χ1n) is 7.11. The number of nitrogens with zero attached hydrogens (tertiary/aromatic N) is 2. The number of hydrogen-bond donors (Lipinski definition) is 1. The van der Waals surface area contributed by atoms with Gasteiger partial charge in [0.05, 0.1) is 22.3 Å². The van der Waals surface area contributed by atoms with E-state index in [1.807, 2.05) is 29.8 Å². The number of rotatable bonds is 5. The van der Waals surface area contributed by atoms with Crippen LogP contribution >= 0.6 is 11.6 Å². The molecule has 0 aliphatic carbocycles. The maximum atomic E-state index is 12.2. The first-order valence-corrected chi connectivity index (χ1v) is 8.97. The van der Waals surface area contributed by atoms with E-state index in [1.54, 1.807) is 18.5 Å². The summed E-state index contributed by atoms with van der Waals surface area (Å²) in [6.45, 7) is 0.313. The van der Waals surface area contributed by atoms with Gasteiger partial charge in [-0.3, -0.25) is 0 Å². The molecule has 1 heterocycles. The van der Waals surface area contributed by atoms with Crippen LogP contribution in [0.15, 0.2) is 53.7 Å². The molecule has 0 saturated carbocycles. The van der Waals surface area contributed by atoms with E-state index in [-0.39, 0.29) is 4.90 Å². The Morgan fingerprint density at radius 1 is 1.22 bits per heavy atom. The molecule has 0 atom stereocenters. The van der Waals surface area contributed by atoms with Gasteiger partial charge in [-0.1, -0.05) is 23.7 Å². The third-order valence-corrected chi connectivity index (χ3v) is 5.30. The molecule has 3 aromatic rings. The molecule has 1 aromatic heterocycles. The Bertz CT molecular complexity index is 951. The molecular formula is C16H16ClN3O2S. The third kappa shape index (κ3) is 3.55. The summed E-state index contributed by atoms with van der Waals surface area (Å²) in [4.78, 5) is 4.47. The molecule has 23 heavy (non-hydrogen) atoms. The van der Waals surface area contributed by atoms with Crippen molar-refractivity contribution in [1.29, 1.82) is 0 Å². The Morgan fingerprint density at radius 2 is 2.04 bits per heavy atom. The standard InChI is InChI=1S/C16H16ClN3O2S/c1-20-11-18-15-9-12(5-6-16(15)20)7-8-19-23(21,22)14-4-2-3-13(17)10-14/h2-6,9-11,19H,7-8H2,1H3. The predicted molar refractivity (Wildman–Crippen MR) is 91.1 cm³/mol. The second kappa shape index (κ2) is 6.31. The van der Waals surface area contributed by atoms with Crippen LogP contribution in [0, 0.1) is 0 Å². The lowest BCUT2D eigenvalue weighted by Crippen LogP contribution is -2.26. The normalized spacial score (nSPS) is 11.9. The van der Waals surface area contributed by atoms with Gasteiger partial charge in [0, 0.05) is 18.6 Å². The molecule has 0 fully saturated rings. The van der Waals surface area contributed by atoms with Crippen molar-refractivity contribution in [3.05, 3.63) is 59.4 Å². The summed E-state index contributed by atoms with van der Waals surface area (Å²) in [6, 6.07) is 12.2. The number of halogens is 1. The van der Waals surface area contributed by atoms with Crippen LogP contribution < -0.4 is 4.72 Å². The molecule has 2 aromatic carbocycles. The van der Waals surface area contributed by atoms with Gasteiger partial charge in [-0.15, -0.1) is 0 Å². The van der Waals surface area contributed by atoms with Crippen LogP contribution in [-0.2, 0) is 23.5 Å². The summed E-state index contributed by atoms with van der Waals surface area (Å²) in [6.07, 6.45) is 2.35. The van der Waals surface area contributed by atoms with Crippen molar-refractivity contribution in [2.75, 3.05) is 6.54 Å². The topological polar surface area (TPSA) is 64.0 Å². The van der Waals surface area contributed by atoms with Gasteiger partial charge in [0.25, 0.3) is 0 Å². The first-order chi connectivity index (χ1) is 11.0. The van der Waals surface area contributed by atoms with Crippen LogP contribution in [-0.4, -0.2) is 24.5 Å². The Hall–Kier alpha value is -1.89. The highest BCUT2D eigenvalue weighted by Gasteiger charge is 2.13. The zero-order valence-electron chi connectivity index (χ0n) is 12.5. The molecular weight excluding hydrogens is 334 g/mol. The molecule has 0 spiro atoms. The molecule has 120 valence electrons. The Balaban J connectivity index is 1.68.